The molecule has 0 spiro atoms. The van der Waals surface area contributed by atoms with Crippen molar-refractivity contribution >= 4 is 17.6 Å². The van der Waals surface area contributed by atoms with Gasteiger partial charge in [0.2, 0.25) is 11.9 Å². The lowest BCUT2D eigenvalue weighted by molar-refractivity contribution is 0.171. The van der Waals surface area contributed by atoms with E-state index in [9.17, 15) is 0 Å². The number of anilines is 3. The van der Waals surface area contributed by atoms with E-state index in [0.29, 0.717) is 30.7 Å². The van der Waals surface area contributed by atoms with E-state index in [1.165, 1.54) is 4.68 Å². The van der Waals surface area contributed by atoms with Crippen LogP contribution in [-0.2, 0) is 0 Å². The molecule has 3 aromatic rings. The van der Waals surface area contributed by atoms with Gasteiger partial charge in [-0.1, -0.05) is 6.07 Å². The molecule has 1 aromatic carbocycles. The van der Waals surface area contributed by atoms with E-state index in [1.54, 1.807) is 12.3 Å². The fourth-order valence-corrected chi connectivity index (χ4v) is 2.27. The van der Waals surface area contributed by atoms with Crippen molar-refractivity contribution in [1.82, 2.24) is 19.7 Å². The highest BCUT2D eigenvalue weighted by molar-refractivity contribution is 5.60. The Bertz CT molecular complexity index is 833. The number of nitrogens with one attached hydrogen (secondary N) is 1. The van der Waals surface area contributed by atoms with Crippen LogP contribution in [0.4, 0.5) is 17.6 Å². The molecule has 0 saturated heterocycles. The molecule has 4 rings (SSSR count). The molecule has 3 N–H and O–H groups in total. The Balaban J connectivity index is 1.60. The van der Waals surface area contributed by atoms with Crippen molar-refractivity contribution < 1.29 is 9.47 Å². The summed E-state index contributed by atoms with van der Waals surface area (Å²) >= 11 is 0. The van der Waals surface area contributed by atoms with Gasteiger partial charge in [0.25, 0.3) is 0 Å². The van der Waals surface area contributed by atoms with E-state index < -0.39 is 0 Å². The Morgan fingerprint density at radius 2 is 1.96 bits per heavy atom. The van der Waals surface area contributed by atoms with Gasteiger partial charge in [0.05, 0.1) is 0 Å². The van der Waals surface area contributed by atoms with Crippen molar-refractivity contribution in [3.05, 3.63) is 42.6 Å². The molecule has 116 valence electrons. The van der Waals surface area contributed by atoms with Crippen molar-refractivity contribution in [2.75, 3.05) is 24.3 Å². The molecule has 0 saturated carbocycles. The van der Waals surface area contributed by atoms with Crippen LogP contribution in [0.2, 0.25) is 0 Å². The molecule has 23 heavy (non-hydrogen) atoms. The van der Waals surface area contributed by atoms with Gasteiger partial charge in [0.1, 0.15) is 13.2 Å². The van der Waals surface area contributed by atoms with Crippen molar-refractivity contribution in [3.8, 4) is 17.3 Å². The number of benzene rings is 1. The van der Waals surface area contributed by atoms with Crippen LogP contribution >= 0.6 is 0 Å². The highest BCUT2D eigenvalue weighted by atomic mass is 16.6. The smallest absolute Gasteiger partial charge is 0.248 e. The van der Waals surface area contributed by atoms with Crippen LogP contribution in [0.5, 0.6) is 11.5 Å². The Hall–Kier alpha value is -3.29. The maximum absolute atomic E-state index is 5.90. The normalized spacial score (nSPS) is 12.9. The molecule has 0 bridgehead atoms. The Labute approximate surface area is 131 Å². The average Bonchev–Trinajstić information content (AvgIpc) is 2.96. The number of rotatable bonds is 3. The molecule has 2 aromatic heterocycles. The van der Waals surface area contributed by atoms with Crippen LogP contribution < -0.4 is 20.5 Å². The minimum absolute atomic E-state index is 0.253. The zero-order chi connectivity index (χ0) is 15.6. The van der Waals surface area contributed by atoms with Crippen LogP contribution in [-0.4, -0.2) is 33.0 Å². The van der Waals surface area contributed by atoms with Crippen molar-refractivity contribution in [3.63, 3.8) is 0 Å². The van der Waals surface area contributed by atoms with Gasteiger partial charge in [-0.05, 0) is 24.3 Å². The van der Waals surface area contributed by atoms with E-state index >= 15 is 0 Å². The monoisotopic (exact) mass is 310 g/mol. The van der Waals surface area contributed by atoms with E-state index in [-0.39, 0.29) is 5.95 Å². The molecule has 0 fully saturated rings. The van der Waals surface area contributed by atoms with Crippen molar-refractivity contribution in [2.24, 2.45) is 0 Å². The van der Waals surface area contributed by atoms with Gasteiger partial charge < -0.3 is 20.5 Å². The van der Waals surface area contributed by atoms with E-state index in [0.717, 1.165) is 11.4 Å². The summed E-state index contributed by atoms with van der Waals surface area (Å²) < 4.78 is 12.5. The third-order valence-corrected chi connectivity index (χ3v) is 3.30. The topological polar surface area (TPSA) is 100 Å². The lowest BCUT2D eigenvalue weighted by Gasteiger charge is -2.18. The molecule has 0 radical (unpaired) electrons. The maximum atomic E-state index is 5.90. The molecule has 0 aliphatic carbocycles. The fraction of sp³-hybridized carbons (Fsp3) is 0.133. The van der Waals surface area contributed by atoms with Gasteiger partial charge in [-0.15, -0.1) is 5.10 Å². The molecule has 1 aliphatic heterocycles. The molecular weight excluding hydrogens is 296 g/mol. The van der Waals surface area contributed by atoms with Gasteiger partial charge in [-0.2, -0.15) is 9.67 Å². The average molecular weight is 310 g/mol. The molecule has 0 amide bonds. The summed E-state index contributed by atoms with van der Waals surface area (Å²) in [5, 5.41) is 7.42. The summed E-state index contributed by atoms with van der Waals surface area (Å²) in [7, 11) is 0. The molecule has 8 nitrogen and oxygen atoms in total. The van der Waals surface area contributed by atoms with Crippen molar-refractivity contribution in [1.29, 1.82) is 0 Å². The zero-order valence-electron chi connectivity index (χ0n) is 12.1. The maximum Gasteiger partial charge on any atom is 0.248 e. The Morgan fingerprint density at radius 1 is 1.09 bits per heavy atom. The van der Waals surface area contributed by atoms with E-state index in [4.69, 9.17) is 15.2 Å². The van der Waals surface area contributed by atoms with Gasteiger partial charge in [-0.3, -0.25) is 0 Å². The van der Waals surface area contributed by atoms with Gasteiger partial charge in [0.15, 0.2) is 17.3 Å². The van der Waals surface area contributed by atoms with Gasteiger partial charge in [0, 0.05) is 18.0 Å². The second-order valence-corrected chi connectivity index (χ2v) is 4.88. The molecule has 0 atom stereocenters. The number of nitrogens with zero attached hydrogens (tertiary/aromatic N) is 4. The first-order valence-corrected chi connectivity index (χ1v) is 7.10. The van der Waals surface area contributed by atoms with Crippen LogP contribution in [0.3, 0.4) is 0 Å². The SMILES string of the molecule is Nc1nc(Nc2ccc3c(c2)OCCO3)nn1-c1ccccn1. The summed E-state index contributed by atoms with van der Waals surface area (Å²) in [6.07, 6.45) is 1.67. The van der Waals surface area contributed by atoms with Gasteiger partial charge >= 0.3 is 0 Å². The molecule has 1 aliphatic rings. The van der Waals surface area contributed by atoms with E-state index in [1.807, 2.05) is 30.3 Å². The standard InChI is InChI=1S/C15H14N6O2/c16-14-19-15(20-21(14)13-3-1-2-6-17-13)18-10-4-5-11-12(9-10)23-8-7-22-11/h1-6,9H,7-8H2,(H3,16,18,19,20). The summed E-state index contributed by atoms with van der Waals surface area (Å²) in [4.78, 5) is 8.40. The summed E-state index contributed by atoms with van der Waals surface area (Å²) in [5.74, 6) is 2.66. The third kappa shape index (κ3) is 2.61. The number of nitrogens with two attached hydrogens (primary N) is 1. The highest BCUT2D eigenvalue weighted by Crippen LogP contribution is 2.33. The Kier molecular flexibility index (Phi) is 3.19. The minimum atomic E-state index is 0.253. The van der Waals surface area contributed by atoms with Crippen LogP contribution in [0.1, 0.15) is 0 Å². The van der Waals surface area contributed by atoms with E-state index in [2.05, 4.69) is 20.4 Å². The number of hydrogen-bond donors (Lipinski definition) is 2. The number of hydrogen-bond acceptors (Lipinski definition) is 7. The fourth-order valence-electron chi connectivity index (χ4n) is 2.27. The van der Waals surface area contributed by atoms with Gasteiger partial charge in [-0.25, -0.2) is 4.98 Å². The minimum Gasteiger partial charge on any atom is -0.486 e. The second-order valence-electron chi connectivity index (χ2n) is 4.88. The number of aromatic nitrogens is 4. The summed E-state index contributed by atoms with van der Waals surface area (Å²) in [6, 6.07) is 11.0. The second kappa shape index (κ2) is 5.48. The number of fused-ring (bicyclic) bond motifs is 1. The number of ether oxygens (including phenoxy) is 2. The predicted octanol–water partition coefficient (Wildman–Crippen LogP) is 1.76. The van der Waals surface area contributed by atoms with Crippen LogP contribution in [0.15, 0.2) is 42.6 Å². The first kappa shape index (κ1) is 13.4. The third-order valence-electron chi connectivity index (χ3n) is 3.30. The quantitative estimate of drug-likeness (QED) is 0.760. The summed E-state index contributed by atoms with van der Waals surface area (Å²) in [5.41, 5.74) is 6.69. The molecular formula is C15H14N6O2. The largest absolute Gasteiger partial charge is 0.486 e. The highest BCUT2D eigenvalue weighted by Gasteiger charge is 2.14. The zero-order valence-corrected chi connectivity index (χ0v) is 12.1. The summed E-state index contributed by atoms with van der Waals surface area (Å²) in [6.45, 7) is 1.10. The first-order valence-electron chi connectivity index (χ1n) is 7.10. The van der Waals surface area contributed by atoms with Crippen LogP contribution in [0, 0.1) is 0 Å². The number of nitrogen functional groups attached to an aromatic ring is 1. The molecule has 0 unspecified atom stereocenters. The lowest BCUT2D eigenvalue weighted by atomic mass is 10.2. The number of pyridine rings is 1. The van der Waals surface area contributed by atoms with Crippen LogP contribution in [0.25, 0.3) is 5.82 Å². The molecule has 3 heterocycles. The predicted molar refractivity (Wildman–Crippen MR) is 84.3 cm³/mol. The van der Waals surface area contributed by atoms with Crippen molar-refractivity contribution in [2.45, 2.75) is 0 Å². The lowest BCUT2D eigenvalue weighted by Crippen LogP contribution is -2.15. The molecule has 8 heteroatoms. The Morgan fingerprint density at radius 3 is 2.78 bits per heavy atom. The first-order chi connectivity index (χ1) is 11.3.